The Morgan fingerprint density at radius 2 is 1.69 bits per heavy atom. The molecule has 2 heterocycles. The number of hydrogen-bond acceptors (Lipinski definition) is 4. The molecule has 0 amide bonds. The van der Waals surface area contributed by atoms with Gasteiger partial charge in [0, 0.05) is 18.7 Å². The molecule has 0 bridgehead atoms. The van der Waals surface area contributed by atoms with Crippen LogP contribution in [0.3, 0.4) is 0 Å². The first-order chi connectivity index (χ1) is 14.3. The van der Waals surface area contributed by atoms with Gasteiger partial charge >= 0.3 is 0 Å². The molecule has 4 heteroatoms. The third-order valence-electron chi connectivity index (χ3n) is 6.07. The Kier molecular flexibility index (Phi) is 4.94. The molecule has 29 heavy (non-hydrogen) atoms. The first-order valence-corrected chi connectivity index (χ1v) is 10.3. The first kappa shape index (κ1) is 18.5. The van der Waals surface area contributed by atoms with Gasteiger partial charge < -0.3 is 9.94 Å². The summed E-state index contributed by atoms with van der Waals surface area (Å²) in [6.45, 7) is 3.52. The monoisotopic (exact) mass is 386 g/mol. The van der Waals surface area contributed by atoms with Crippen LogP contribution in [-0.4, -0.2) is 23.3 Å². The maximum Gasteiger partial charge on any atom is 0.190 e. The van der Waals surface area contributed by atoms with E-state index in [2.05, 4.69) is 83.2 Å². The van der Waals surface area contributed by atoms with Crippen molar-refractivity contribution in [3.05, 3.63) is 95.1 Å². The van der Waals surface area contributed by atoms with Gasteiger partial charge in [0.1, 0.15) is 0 Å². The van der Waals surface area contributed by atoms with Crippen LogP contribution in [0.1, 0.15) is 28.7 Å². The number of epoxide rings is 1. The van der Waals surface area contributed by atoms with E-state index in [1.54, 1.807) is 0 Å². The zero-order valence-corrected chi connectivity index (χ0v) is 16.5. The molecule has 0 spiro atoms. The number of benzene rings is 3. The highest BCUT2D eigenvalue weighted by molar-refractivity contribution is 5.63. The smallest absolute Gasteiger partial charge is 0.190 e. The minimum atomic E-state index is -0.679. The molecule has 3 aromatic carbocycles. The van der Waals surface area contributed by atoms with Gasteiger partial charge in [-0.3, -0.25) is 4.90 Å². The highest BCUT2D eigenvalue weighted by Gasteiger charge is 2.46. The molecule has 0 aromatic heterocycles. The van der Waals surface area contributed by atoms with E-state index in [1.165, 1.54) is 27.8 Å². The molecule has 3 aromatic rings. The van der Waals surface area contributed by atoms with Crippen LogP contribution in [0.5, 0.6) is 0 Å². The topological polar surface area (TPSA) is 48.0 Å². The third-order valence-corrected chi connectivity index (χ3v) is 6.07. The van der Waals surface area contributed by atoms with Crippen molar-refractivity contribution in [1.82, 2.24) is 10.4 Å². The maximum atomic E-state index is 9.38. The average molecular weight is 386 g/mol. The Morgan fingerprint density at radius 3 is 2.41 bits per heavy atom. The van der Waals surface area contributed by atoms with Crippen LogP contribution in [0.2, 0.25) is 0 Å². The SMILES string of the molecule is ONC1(c2ccc3c(c2)CCCN(Cc2ccc(-c4ccccc4)cc2)C3)CO1. The number of fused-ring (bicyclic) bond motifs is 1. The number of aryl methyl sites for hydroxylation is 1. The zero-order valence-electron chi connectivity index (χ0n) is 16.5. The van der Waals surface area contributed by atoms with E-state index in [1.807, 2.05) is 0 Å². The Bertz CT molecular complexity index is 981. The Hall–Kier alpha value is -2.50. The molecule has 2 aliphatic heterocycles. The second-order valence-electron chi connectivity index (χ2n) is 8.09. The molecule has 0 radical (unpaired) electrons. The molecule has 4 nitrogen and oxygen atoms in total. The summed E-state index contributed by atoms with van der Waals surface area (Å²) < 4.78 is 5.42. The van der Waals surface area contributed by atoms with E-state index in [0.29, 0.717) is 6.61 Å². The van der Waals surface area contributed by atoms with Crippen LogP contribution in [0, 0.1) is 0 Å². The molecule has 148 valence electrons. The second kappa shape index (κ2) is 7.73. The van der Waals surface area contributed by atoms with Crippen molar-refractivity contribution in [3.8, 4) is 11.1 Å². The van der Waals surface area contributed by atoms with Crippen LogP contribution in [-0.2, 0) is 30.0 Å². The molecule has 1 fully saturated rings. The minimum Gasteiger partial charge on any atom is -0.347 e. The number of hydrogen-bond donors (Lipinski definition) is 2. The number of nitrogens with one attached hydrogen (secondary N) is 1. The lowest BCUT2D eigenvalue weighted by Gasteiger charge is -2.21. The quantitative estimate of drug-likeness (QED) is 0.502. The van der Waals surface area contributed by atoms with Crippen LogP contribution in [0.4, 0.5) is 0 Å². The summed E-state index contributed by atoms with van der Waals surface area (Å²) in [5, 5.41) is 9.38. The van der Waals surface area contributed by atoms with Crippen LogP contribution >= 0.6 is 0 Å². The predicted molar refractivity (Wildman–Crippen MR) is 113 cm³/mol. The summed E-state index contributed by atoms with van der Waals surface area (Å²) in [6, 6.07) is 25.9. The largest absolute Gasteiger partial charge is 0.347 e. The van der Waals surface area contributed by atoms with Gasteiger partial charge in [0.2, 0.25) is 0 Å². The van der Waals surface area contributed by atoms with E-state index in [0.717, 1.165) is 38.0 Å². The van der Waals surface area contributed by atoms with Gasteiger partial charge in [0.15, 0.2) is 5.72 Å². The Balaban J connectivity index is 1.29. The summed E-state index contributed by atoms with van der Waals surface area (Å²) in [5.41, 5.74) is 9.27. The Labute approximate surface area is 171 Å². The fourth-order valence-electron chi connectivity index (χ4n) is 4.27. The van der Waals surface area contributed by atoms with Gasteiger partial charge in [0.25, 0.3) is 0 Å². The third kappa shape index (κ3) is 3.85. The molecule has 1 atom stereocenters. The van der Waals surface area contributed by atoms with E-state index in [9.17, 15) is 5.21 Å². The van der Waals surface area contributed by atoms with Crippen molar-refractivity contribution < 1.29 is 9.94 Å². The van der Waals surface area contributed by atoms with Gasteiger partial charge in [-0.1, -0.05) is 72.8 Å². The average Bonchev–Trinajstić information content (AvgIpc) is 3.59. The Morgan fingerprint density at radius 1 is 0.931 bits per heavy atom. The number of rotatable bonds is 5. The van der Waals surface area contributed by atoms with Crippen molar-refractivity contribution in [1.29, 1.82) is 0 Å². The normalized spacial score (nSPS) is 21.4. The summed E-state index contributed by atoms with van der Waals surface area (Å²) in [5.74, 6) is 0. The summed E-state index contributed by atoms with van der Waals surface area (Å²) in [7, 11) is 0. The van der Waals surface area contributed by atoms with Gasteiger partial charge in [-0.15, -0.1) is 0 Å². The first-order valence-electron chi connectivity index (χ1n) is 10.3. The molecule has 5 rings (SSSR count). The van der Waals surface area contributed by atoms with Crippen molar-refractivity contribution in [2.24, 2.45) is 0 Å². The molecule has 0 saturated carbocycles. The standard InChI is InChI=1S/C25H26N2O2/c28-26-25(18-29-25)24-13-12-23-17-27(14-4-7-22(23)15-24)16-19-8-10-21(11-9-19)20-5-2-1-3-6-20/h1-3,5-6,8-13,15,26,28H,4,7,14,16-18H2. The highest BCUT2D eigenvalue weighted by atomic mass is 16.7. The number of nitrogens with zero attached hydrogens (tertiary/aromatic N) is 1. The fraction of sp³-hybridized carbons (Fsp3) is 0.280. The molecule has 2 aliphatic rings. The van der Waals surface area contributed by atoms with Crippen molar-refractivity contribution in [2.75, 3.05) is 13.2 Å². The second-order valence-corrected chi connectivity index (χ2v) is 8.09. The van der Waals surface area contributed by atoms with Crippen molar-refractivity contribution in [3.63, 3.8) is 0 Å². The van der Waals surface area contributed by atoms with E-state index >= 15 is 0 Å². The van der Waals surface area contributed by atoms with Crippen LogP contribution in [0.15, 0.2) is 72.8 Å². The van der Waals surface area contributed by atoms with Gasteiger partial charge in [-0.05, 0) is 47.2 Å². The van der Waals surface area contributed by atoms with Gasteiger partial charge in [-0.2, -0.15) is 5.48 Å². The molecular formula is C25H26N2O2. The van der Waals surface area contributed by atoms with Crippen LogP contribution < -0.4 is 5.48 Å². The van der Waals surface area contributed by atoms with E-state index in [-0.39, 0.29) is 0 Å². The summed E-state index contributed by atoms with van der Waals surface area (Å²) in [6.07, 6.45) is 2.20. The summed E-state index contributed by atoms with van der Waals surface area (Å²) in [4.78, 5) is 2.52. The molecular weight excluding hydrogens is 360 g/mol. The predicted octanol–water partition coefficient (Wildman–Crippen LogP) is 4.46. The molecule has 0 aliphatic carbocycles. The number of ether oxygens (including phenoxy) is 1. The fourth-order valence-corrected chi connectivity index (χ4v) is 4.27. The van der Waals surface area contributed by atoms with Crippen molar-refractivity contribution in [2.45, 2.75) is 31.7 Å². The molecule has 1 unspecified atom stereocenters. The maximum absolute atomic E-state index is 9.38. The lowest BCUT2D eigenvalue weighted by Crippen LogP contribution is -2.27. The molecule has 1 saturated heterocycles. The zero-order chi connectivity index (χ0) is 19.7. The van der Waals surface area contributed by atoms with Crippen LogP contribution in [0.25, 0.3) is 11.1 Å². The summed E-state index contributed by atoms with van der Waals surface area (Å²) >= 11 is 0. The number of hydroxylamine groups is 1. The lowest BCUT2D eigenvalue weighted by atomic mass is 9.98. The van der Waals surface area contributed by atoms with Crippen molar-refractivity contribution >= 4 is 0 Å². The van der Waals surface area contributed by atoms with E-state index in [4.69, 9.17) is 4.74 Å². The van der Waals surface area contributed by atoms with Gasteiger partial charge in [0.05, 0.1) is 6.61 Å². The minimum absolute atomic E-state index is 0.521. The lowest BCUT2D eigenvalue weighted by molar-refractivity contribution is 0.0546. The molecule has 2 N–H and O–H groups in total. The highest BCUT2D eigenvalue weighted by Crippen LogP contribution is 2.36. The van der Waals surface area contributed by atoms with E-state index < -0.39 is 5.72 Å². The van der Waals surface area contributed by atoms with Gasteiger partial charge in [-0.25, -0.2) is 0 Å².